The molecular formula is C26H18N2O2. The summed E-state index contributed by atoms with van der Waals surface area (Å²) in [6.45, 7) is 1.37. The first-order valence-corrected chi connectivity index (χ1v) is 9.44. The largest absolute Gasteiger partial charge is 0.465 e. The molecule has 1 N–H and O–H groups in total. The van der Waals surface area contributed by atoms with Crippen LogP contribution in [0.15, 0.2) is 54.6 Å². The molecule has 0 aliphatic carbocycles. The zero-order valence-electron chi connectivity index (χ0n) is 16.5. The van der Waals surface area contributed by atoms with E-state index in [2.05, 4.69) is 57.7 Å². The number of anilines is 1. The van der Waals surface area contributed by atoms with Crippen molar-refractivity contribution >= 4 is 22.6 Å². The molecule has 30 heavy (non-hydrogen) atoms. The second-order valence-electron chi connectivity index (χ2n) is 6.60. The van der Waals surface area contributed by atoms with Gasteiger partial charge in [-0.1, -0.05) is 36.4 Å². The lowest BCUT2D eigenvalue weighted by molar-refractivity contribution is 0.0601. The normalized spacial score (nSPS) is 12.7. The number of para-hydroxylation sites is 1. The third kappa shape index (κ3) is 3.42. The Kier molecular flexibility index (Phi) is 5.29. The number of methoxy groups -OCH3 is 1. The Morgan fingerprint density at radius 1 is 1.13 bits per heavy atom. The van der Waals surface area contributed by atoms with E-state index in [0.29, 0.717) is 12.1 Å². The number of carbonyl (C=O) groups excluding carboxylic acids is 1. The molecule has 0 radical (unpaired) electrons. The molecule has 1 aliphatic heterocycles. The summed E-state index contributed by atoms with van der Waals surface area (Å²) in [5.74, 6) is 13.2. The Balaban J connectivity index is 2.09. The molecule has 144 valence electrons. The van der Waals surface area contributed by atoms with Crippen LogP contribution in [0.2, 0.25) is 0 Å². The van der Waals surface area contributed by atoms with Gasteiger partial charge in [-0.3, -0.25) is 0 Å². The number of hydrogen-bond acceptors (Lipinski definition) is 3. The molecule has 0 unspecified atom stereocenters. The average Bonchev–Trinajstić information content (AvgIpc) is 3.12. The van der Waals surface area contributed by atoms with Gasteiger partial charge in [0.15, 0.2) is 0 Å². The number of aromatic nitrogens is 1. The van der Waals surface area contributed by atoms with E-state index in [1.807, 2.05) is 30.3 Å². The first-order valence-electron chi connectivity index (χ1n) is 9.44. The molecule has 4 nitrogen and oxygen atoms in total. The first kappa shape index (κ1) is 19.0. The van der Waals surface area contributed by atoms with Crippen molar-refractivity contribution < 1.29 is 9.53 Å². The van der Waals surface area contributed by atoms with Crippen LogP contribution in [0, 0.1) is 36.0 Å². The van der Waals surface area contributed by atoms with Crippen molar-refractivity contribution in [2.45, 2.75) is 6.54 Å². The van der Waals surface area contributed by atoms with E-state index in [-0.39, 0.29) is 5.97 Å². The van der Waals surface area contributed by atoms with Crippen LogP contribution < -0.4 is 5.32 Å². The van der Waals surface area contributed by atoms with Gasteiger partial charge in [0.2, 0.25) is 0 Å². The van der Waals surface area contributed by atoms with Gasteiger partial charge in [-0.25, -0.2) is 4.79 Å². The van der Waals surface area contributed by atoms with Gasteiger partial charge in [0.1, 0.15) is 0 Å². The van der Waals surface area contributed by atoms with E-state index in [0.717, 1.165) is 40.0 Å². The van der Waals surface area contributed by atoms with Crippen LogP contribution in [0.1, 0.15) is 15.9 Å². The number of carbonyl (C=O) groups is 1. The van der Waals surface area contributed by atoms with Gasteiger partial charge >= 0.3 is 5.97 Å². The fourth-order valence-corrected chi connectivity index (χ4v) is 3.63. The summed E-state index contributed by atoms with van der Waals surface area (Å²) in [5.41, 5.74) is 5.26. The van der Waals surface area contributed by atoms with Crippen LogP contribution in [0.4, 0.5) is 5.69 Å². The minimum atomic E-state index is -0.374. The lowest BCUT2D eigenvalue weighted by Gasteiger charge is -2.13. The molecule has 1 aliphatic rings. The Morgan fingerprint density at radius 2 is 2.00 bits per heavy atom. The molecule has 0 fully saturated rings. The van der Waals surface area contributed by atoms with E-state index in [1.165, 1.54) is 7.11 Å². The van der Waals surface area contributed by atoms with Gasteiger partial charge in [0, 0.05) is 29.7 Å². The molecule has 3 aromatic rings. The average molecular weight is 390 g/mol. The lowest BCUT2D eigenvalue weighted by Crippen LogP contribution is -2.03. The predicted molar refractivity (Wildman–Crippen MR) is 120 cm³/mol. The Hall–Kier alpha value is -4.33. The second kappa shape index (κ2) is 8.36. The fourth-order valence-electron chi connectivity index (χ4n) is 3.63. The number of nitrogens with one attached hydrogen (secondary N) is 1. The molecule has 1 aromatic heterocycles. The van der Waals surface area contributed by atoms with E-state index in [9.17, 15) is 4.79 Å². The lowest BCUT2D eigenvalue weighted by atomic mass is 10.0. The van der Waals surface area contributed by atoms with Gasteiger partial charge in [-0.05, 0) is 47.8 Å². The molecule has 2 aromatic carbocycles. The number of fused-ring (bicyclic) bond motifs is 5. The van der Waals surface area contributed by atoms with Crippen LogP contribution in [0.25, 0.3) is 22.2 Å². The zero-order valence-corrected chi connectivity index (χ0v) is 16.5. The number of rotatable bonds is 1. The van der Waals surface area contributed by atoms with Crippen molar-refractivity contribution in [2.24, 2.45) is 0 Å². The Morgan fingerprint density at radius 3 is 2.83 bits per heavy atom. The maximum absolute atomic E-state index is 12.1. The number of esters is 1. The van der Waals surface area contributed by atoms with Crippen molar-refractivity contribution in [2.75, 3.05) is 19.0 Å². The quantitative estimate of drug-likeness (QED) is 0.387. The molecular weight excluding hydrogens is 372 g/mol. The molecule has 4 rings (SSSR count). The molecule has 4 heteroatoms. The van der Waals surface area contributed by atoms with Crippen LogP contribution in [0.5, 0.6) is 0 Å². The third-order valence-corrected chi connectivity index (χ3v) is 4.92. The number of terminal acetylenes is 1. The van der Waals surface area contributed by atoms with Crippen molar-refractivity contribution in [1.29, 1.82) is 0 Å². The molecule has 2 heterocycles. The number of ether oxygens (including phenoxy) is 1. The van der Waals surface area contributed by atoms with Crippen molar-refractivity contribution in [1.82, 2.24) is 4.57 Å². The third-order valence-electron chi connectivity index (χ3n) is 4.92. The topological polar surface area (TPSA) is 43.3 Å². The molecule has 0 atom stereocenters. The van der Waals surface area contributed by atoms with Crippen LogP contribution in [-0.2, 0) is 11.3 Å². The van der Waals surface area contributed by atoms with E-state index < -0.39 is 0 Å². The summed E-state index contributed by atoms with van der Waals surface area (Å²) in [5, 5.41) is 4.40. The van der Waals surface area contributed by atoms with Crippen LogP contribution >= 0.6 is 0 Å². The van der Waals surface area contributed by atoms with Gasteiger partial charge in [0.25, 0.3) is 0 Å². The SMILES string of the molecule is C#CC#CC#Cc1c2n(c3cc(C(=O)OC)ccc13)C/C=C/CNc1ccccc1-2. The molecule has 0 saturated carbocycles. The van der Waals surface area contributed by atoms with Crippen molar-refractivity contribution in [3.8, 4) is 47.3 Å². The van der Waals surface area contributed by atoms with Crippen LogP contribution in [-0.4, -0.2) is 24.2 Å². The van der Waals surface area contributed by atoms with Crippen LogP contribution in [0.3, 0.4) is 0 Å². The highest BCUT2D eigenvalue weighted by molar-refractivity contribution is 6.01. The molecule has 0 saturated heterocycles. The summed E-state index contributed by atoms with van der Waals surface area (Å²) >= 11 is 0. The smallest absolute Gasteiger partial charge is 0.337 e. The van der Waals surface area contributed by atoms with E-state index in [4.69, 9.17) is 11.2 Å². The zero-order chi connectivity index (χ0) is 20.9. The predicted octanol–water partition coefficient (Wildman–Crippen LogP) is 4.06. The summed E-state index contributed by atoms with van der Waals surface area (Å²) in [6, 6.07) is 13.6. The number of nitrogens with zero attached hydrogens (tertiary/aromatic N) is 1. The fraction of sp³-hybridized carbons (Fsp3) is 0.115. The van der Waals surface area contributed by atoms with Crippen molar-refractivity contribution in [3.63, 3.8) is 0 Å². The summed E-state index contributed by atoms with van der Waals surface area (Å²) < 4.78 is 7.08. The van der Waals surface area contributed by atoms with E-state index >= 15 is 0 Å². The monoisotopic (exact) mass is 390 g/mol. The molecule has 0 spiro atoms. The highest BCUT2D eigenvalue weighted by Gasteiger charge is 2.21. The maximum atomic E-state index is 12.1. The van der Waals surface area contributed by atoms with Gasteiger partial charge in [0.05, 0.1) is 29.4 Å². The standard InChI is InChI=1S/C26H18N2O2/c1-3-4-5-6-11-21-20-15-14-19(26(29)30-2)18-24(20)28-17-10-9-16-27-23-13-8-7-12-22(23)25(21)28/h1,7-10,12-15,18,27H,16-17H2,2H3/b10-9+. The Bertz CT molecular complexity index is 1350. The summed E-state index contributed by atoms with van der Waals surface area (Å²) in [7, 11) is 1.38. The molecule has 0 amide bonds. The second-order valence-corrected chi connectivity index (χ2v) is 6.60. The summed E-state index contributed by atoms with van der Waals surface area (Å²) in [4.78, 5) is 12.1. The number of hydrogen-bond donors (Lipinski definition) is 1. The first-order chi connectivity index (χ1) is 14.7. The number of benzene rings is 2. The maximum Gasteiger partial charge on any atom is 0.337 e. The van der Waals surface area contributed by atoms with Gasteiger partial charge in [-0.2, -0.15) is 0 Å². The Labute approximate surface area is 175 Å². The minimum Gasteiger partial charge on any atom is -0.465 e. The highest BCUT2D eigenvalue weighted by atomic mass is 16.5. The van der Waals surface area contributed by atoms with Crippen molar-refractivity contribution in [3.05, 3.63) is 65.7 Å². The molecule has 0 bridgehead atoms. The van der Waals surface area contributed by atoms with Gasteiger partial charge in [-0.15, -0.1) is 6.42 Å². The summed E-state index contributed by atoms with van der Waals surface area (Å²) in [6.07, 6.45) is 9.40. The minimum absolute atomic E-state index is 0.374. The van der Waals surface area contributed by atoms with Gasteiger partial charge < -0.3 is 14.6 Å². The highest BCUT2D eigenvalue weighted by Crippen LogP contribution is 2.38. The van der Waals surface area contributed by atoms with E-state index in [1.54, 1.807) is 6.07 Å². The number of allylic oxidation sites excluding steroid dienone is 1.